The lowest BCUT2D eigenvalue weighted by Crippen LogP contribution is -2.59. The van der Waals surface area contributed by atoms with E-state index in [1.54, 1.807) is 0 Å². The average Bonchev–Trinajstić information content (AvgIpc) is 2.47. The van der Waals surface area contributed by atoms with Crippen LogP contribution in [0.4, 0.5) is 0 Å². The second-order valence-corrected chi connectivity index (χ2v) is 7.05. The molecule has 1 aliphatic carbocycles. The quantitative estimate of drug-likeness (QED) is 0.572. The minimum absolute atomic E-state index is 0.0608. The molecule has 0 saturated heterocycles. The van der Waals surface area contributed by atoms with Crippen molar-refractivity contribution in [2.24, 2.45) is 23.3 Å². The molecular formula is C16H32N4O2. The normalized spacial score (nSPS) is 24.9. The molecule has 1 fully saturated rings. The molecule has 0 aromatic rings. The molecule has 0 aromatic heterocycles. The SMILES string of the molecule is CC(C)[C@@H](N)C(=O)N[C@@H]1CCCC[C@H]1NC(=O)[C@H](N)C(C)C. The van der Waals surface area contributed by atoms with E-state index in [4.69, 9.17) is 11.5 Å². The molecule has 0 aromatic carbocycles. The third-order valence-electron chi connectivity index (χ3n) is 4.46. The topological polar surface area (TPSA) is 110 Å². The van der Waals surface area contributed by atoms with Gasteiger partial charge in [0.2, 0.25) is 11.8 Å². The van der Waals surface area contributed by atoms with Crippen molar-refractivity contribution in [2.75, 3.05) is 0 Å². The highest BCUT2D eigenvalue weighted by molar-refractivity contribution is 5.83. The van der Waals surface area contributed by atoms with Crippen LogP contribution in [0.3, 0.4) is 0 Å². The molecule has 6 heteroatoms. The van der Waals surface area contributed by atoms with Crippen LogP contribution in [0, 0.1) is 11.8 Å². The molecule has 0 aliphatic heterocycles. The first-order chi connectivity index (χ1) is 10.2. The maximum atomic E-state index is 12.2. The first-order valence-corrected chi connectivity index (χ1v) is 8.36. The van der Waals surface area contributed by atoms with E-state index < -0.39 is 12.1 Å². The highest BCUT2D eigenvalue weighted by Crippen LogP contribution is 2.19. The fourth-order valence-corrected chi connectivity index (χ4v) is 2.64. The minimum Gasteiger partial charge on any atom is -0.350 e. The predicted molar refractivity (Wildman–Crippen MR) is 88.0 cm³/mol. The number of hydrogen-bond donors (Lipinski definition) is 4. The molecule has 0 spiro atoms. The third-order valence-corrected chi connectivity index (χ3v) is 4.46. The number of hydrogen-bond acceptors (Lipinski definition) is 4. The molecular weight excluding hydrogens is 280 g/mol. The van der Waals surface area contributed by atoms with Crippen molar-refractivity contribution < 1.29 is 9.59 Å². The van der Waals surface area contributed by atoms with Crippen LogP contribution in [-0.4, -0.2) is 36.0 Å². The summed E-state index contributed by atoms with van der Waals surface area (Å²) in [7, 11) is 0. The van der Waals surface area contributed by atoms with Crippen LogP contribution in [-0.2, 0) is 9.59 Å². The Kier molecular flexibility index (Phi) is 7.29. The summed E-state index contributed by atoms with van der Waals surface area (Å²) in [6, 6.07) is -1.16. The monoisotopic (exact) mass is 312 g/mol. The molecule has 6 N–H and O–H groups in total. The van der Waals surface area contributed by atoms with Crippen LogP contribution in [0.25, 0.3) is 0 Å². The van der Waals surface area contributed by atoms with E-state index in [2.05, 4.69) is 10.6 Å². The van der Waals surface area contributed by atoms with Crippen molar-refractivity contribution in [3.05, 3.63) is 0 Å². The smallest absolute Gasteiger partial charge is 0.237 e. The number of carbonyl (C=O) groups excluding carboxylic acids is 2. The van der Waals surface area contributed by atoms with Gasteiger partial charge in [-0.2, -0.15) is 0 Å². The first-order valence-electron chi connectivity index (χ1n) is 8.36. The number of rotatable bonds is 6. The zero-order valence-electron chi connectivity index (χ0n) is 14.3. The van der Waals surface area contributed by atoms with Gasteiger partial charge in [-0.3, -0.25) is 9.59 Å². The molecule has 2 amide bonds. The molecule has 128 valence electrons. The van der Waals surface area contributed by atoms with Crippen molar-refractivity contribution in [3.63, 3.8) is 0 Å². The molecule has 0 unspecified atom stereocenters. The fourth-order valence-electron chi connectivity index (χ4n) is 2.64. The van der Waals surface area contributed by atoms with Crippen LogP contribution in [0.2, 0.25) is 0 Å². The Bertz CT molecular complexity index is 348. The zero-order valence-corrected chi connectivity index (χ0v) is 14.3. The Morgan fingerprint density at radius 1 is 0.818 bits per heavy atom. The number of amides is 2. The van der Waals surface area contributed by atoms with E-state index >= 15 is 0 Å². The highest BCUT2D eigenvalue weighted by Gasteiger charge is 2.31. The number of nitrogens with two attached hydrogens (primary N) is 2. The minimum atomic E-state index is -0.517. The van der Waals surface area contributed by atoms with Crippen molar-refractivity contribution in [2.45, 2.75) is 77.5 Å². The third kappa shape index (κ3) is 5.25. The number of carbonyl (C=O) groups is 2. The summed E-state index contributed by atoms with van der Waals surface area (Å²) >= 11 is 0. The summed E-state index contributed by atoms with van der Waals surface area (Å²) in [5.41, 5.74) is 11.8. The second-order valence-electron chi connectivity index (χ2n) is 7.05. The second kappa shape index (κ2) is 8.48. The Morgan fingerprint density at radius 3 is 1.41 bits per heavy atom. The number of nitrogens with one attached hydrogen (secondary N) is 2. The van der Waals surface area contributed by atoms with Gasteiger partial charge in [0, 0.05) is 12.1 Å². The van der Waals surface area contributed by atoms with Gasteiger partial charge in [0.1, 0.15) is 0 Å². The van der Waals surface area contributed by atoms with E-state index in [9.17, 15) is 9.59 Å². The van der Waals surface area contributed by atoms with Crippen LogP contribution in [0.5, 0.6) is 0 Å². The van der Waals surface area contributed by atoms with E-state index in [1.807, 2.05) is 27.7 Å². The predicted octanol–water partition coefficient (Wildman–Crippen LogP) is 0.497. The summed E-state index contributed by atoms with van der Waals surface area (Å²) in [6.45, 7) is 7.69. The molecule has 6 nitrogen and oxygen atoms in total. The fraction of sp³-hybridized carbons (Fsp3) is 0.875. The van der Waals surface area contributed by atoms with Crippen molar-refractivity contribution >= 4 is 11.8 Å². The lowest BCUT2D eigenvalue weighted by Gasteiger charge is -2.34. The van der Waals surface area contributed by atoms with Crippen LogP contribution < -0.4 is 22.1 Å². The summed E-state index contributed by atoms with van der Waals surface area (Å²) in [5, 5.41) is 6.01. The zero-order chi connectivity index (χ0) is 16.9. The molecule has 0 bridgehead atoms. The van der Waals surface area contributed by atoms with Gasteiger partial charge in [-0.1, -0.05) is 40.5 Å². The molecule has 0 heterocycles. The van der Waals surface area contributed by atoms with E-state index in [-0.39, 0.29) is 35.7 Å². The van der Waals surface area contributed by atoms with Gasteiger partial charge >= 0.3 is 0 Å². The van der Waals surface area contributed by atoms with E-state index in [0.717, 1.165) is 25.7 Å². The van der Waals surface area contributed by atoms with Crippen LogP contribution in [0.1, 0.15) is 53.4 Å². The van der Waals surface area contributed by atoms with Crippen molar-refractivity contribution in [3.8, 4) is 0 Å². The van der Waals surface area contributed by atoms with Gasteiger partial charge in [0.15, 0.2) is 0 Å². The van der Waals surface area contributed by atoms with Gasteiger partial charge in [0.25, 0.3) is 0 Å². The standard InChI is InChI=1S/C16H32N4O2/c1-9(2)13(17)15(21)19-11-7-5-6-8-12(11)20-16(22)14(18)10(3)4/h9-14H,5-8,17-18H2,1-4H3,(H,19,21)(H,20,22)/t11-,12-,13-,14-/m1/s1. The van der Waals surface area contributed by atoms with Gasteiger partial charge in [-0.15, -0.1) is 0 Å². The first kappa shape index (κ1) is 18.9. The maximum Gasteiger partial charge on any atom is 0.237 e. The lowest BCUT2D eigenvalue weighted by atomic mass is 9.89. The van der Waals surface area contributed by atoms with Gasteiger partial charge in [-0.05, 0) is 24.7 Å². The summed E-state index contributed by atoms with van der Waals surface area (Å²) in [4.78, 5) is 24.3. The van der Waals surface area contributed by atoms with Gasteiger partial charge in [0.05, 0.1) is 12.1 Å². The van der Waals surface area contributed by atoms with E-state index in [0.29, 0.717) is 0 Å². The molecule has 0 radical (unpaired) electrons. The Morgan fingerprint density at radius 2 is 1.14 bits per heavy atom. The Hall–Kier alpha value is -1.14. The lowest BCUT2D eigenvalue weighted by molar-refractivity contribution is -0.127. The van der Waals surface area contributed by atoms with E-state index in [1.165, 1.54) is 0 Å². The molecule has 22 heavy (non-hydrogen) atoms. The van der Waals surface area contributed by atoms with Crippen LogP contribution in [0.15, 0.2) is 0 Å². The molecule has 1 aliphatic rings. The molecule has 1 saturated carbocycles. The van der Waals surface area contributed by atoms with Crippen LogP contribution >= 0.6 is 0 Å². The summed E-state index contributed by atoms with van der Waals surface area (Å²) in [5.74, 6) is -0.111. The highest BCUT2D eigenvalue weighted by atomic mass is 16.2. The summed E-state index contributed by atoms with van der Waals surface area (Å²) < 4.78 is 0. The maximum absolute atomic E-state index is 12.2. The molecule has 4 atom stereocenters. The summed E-state index contributed by atoms with van der Waals surface area (Å²) in [6.07, 6.45) is 3.81. The van der Waals surface area contributed by atoms with Crippen molar-refractivity contribution in [1.82, 2.24) is 10.6 Å². The van der Waals surface area contributed by atoms with Crippen molar-refractivity contribution in [1.29, 1.82) is 0 Å². The molecule has 1 rings (SSSR count). The van der Waals surface area contributed by atoms with Gasteiger partial charge in [-0.25, -0.2) is 0 Å². The largest absolute Gasteiger partial charge is 0.350 e. The van der Waals surface area contributed by atoms with Gasteiger partial charge < -0.3 is 22.1 Å². The Balaban J connectivity index is 2.64. The average molecular weight is 312 g/mol. The Labute approximate surface area is 133 Å².